The summed E-state index contributed by atoms with van der Waals surface area (Å²) < 4.78 is 1.09. The molecule has 0 atom stereocenters. The predicted molar refractivity (Wildman–Crippen MR) is 48.5 cm³/mol. The molecule has 0 saturated heterocycles. The summed E-state index contributed by atoms with van der Waals surface area (Å²) in [5, 5.41) is 9.26. The van der Waals surface area contributed by atoms with E-state index in [2.05, 4.69) is 28.1 Å². The van der Waals surface area contributed by atoms with E-state index in [4.69, 9.17) is 0 Å². The Kier molecular flexibility index (Phi) is 8.27. The minimum atomic E-state index is -0.995. The van der Waals surface area contributed by atoms with E-state index in [1.165, 1.54) is 19.9 Å². The van der Waals surface area contributed by atoms with Gasteiger partial charge in [-0.25, -0.2) is 0 Å². The second-order valence-corrected chi connectivity index (χ2v) is 3.74. The van der Waals surface area contributed by atoms with Gasteiger partial charge < -0.3 is 14.4 Å². The maximum Gasteiger partial charge on any atom is 0.0777 e. The summed E-state index contributed by atoms with van der Waals surface area (Å²) in [5.74, 6) is -0.995. The van der Waals surface area contributed by atoms with Gasteiger partial charge in [0.25, 0.3) is 0 Å². The van der Waals surface area contributed by atoms with Gasteiger partial charge in [0, 0.05) is 5.97 Å². The van der Waals surface area contributed by atoms with E-state index >= 15 is 0 Å². The number of nitrogens with zero attached hydrogens (tertiary/aromatic N) is 1. The van der Waals surface area contributed by atoms with Crippen molar-refractivity contribution in [3.63, 3.8) is 0 Å². The monoisotopic (exact) mass is 175 g/mol. The number of carboxylic acids is 1. The molecule has 3 heteroatoms. The van der Waals surface area contributed by atoms with Crippen molar-refractivity contribution in [2.24, 2.45) is 0 Å². The van der Waals surface area contributed by atoms with Crippen LogP contribution in [0.4, 0.5) is 0 Å². The van der Waals surface area contributed by atoms with Crippen LogP contribution < -0.4 is 5.11 Å². The van der Waals surface area contributed by atoms with Gasteiger partial charge in [-0.15, -0.1) is 0 Å². The van der Waals surface area contributed by atoms with Crippen LogP contribution in [0.3, 0.4) is 0 Å². The molecule has 0 rings (SSSR count). The molecule has 0 aliphatic heterocycles. The molecule has 0 unspecified atom stereocenters. The number of carbonyl (C=O) groups excluding carboxylic acids is 1. The molecular weight excluding hydrogens is 154 g/mol. The van der Waals surface area contributed by atoms with Crippen molar-refractivity contribution in [2.45, 2.75) is 26.7 Å². The van der Waals surface area contributed by atoms with Crippen LogP contribution in [0.1, 0.15) is 26.7 Å². The van der Waals surface area contributed by atoms with Crippen LogP contribution in [0.2, 0.25) is 0 Å². The molecule has 74 valence electrons. The number of carboxylic acid groups (broad SMARTS) is 1. The lowest BCUT2D eigenvalue weighted by molar-refractivity contribution is -0.870. The van der Waals surface area contributed by atoms with E-state index in [9.17, 15) is 9.90 Å². The highest BCUT2D eigenvalue weighted by Gasteiger charge is 2.01. The summed E-state index contributed by atoms with van der Waals surface area (Å²) in [5.41, 5.74) is 0. The molecule has 0 aromatic rings. The standard InChI is InChI=1S/C6H16N.C3H6O2/c1-5-6-7(2,3)4;1-2-3(4)5/h5-6H2,1-4H3;2H2,1H3,(H,4,5)/q+1;/p-1. The number of hydrogen-bond donors (Lipinski definition) is 0. The molecule has 0 saturated carbocycles. The van der Waals surface area contributed by atoms with E-state index in [1.54, 1.807) is 0 Å². The molecule has 0 bridgehead atoms. The lowest BCUT2D eigenvalue weighted by Crippen LogP contribution is -2.34. The van der Waals surface area contributed by atoms with Crippen molar-refractivity contribution in [2.75, 3.05) is 27.7 Å². The molecule has 0 N–H and O–H groups in total. The van der Waals surface area contributed by atoms with Gasteiger partial charge in [0.2, 0.25) is 0 Å². The van der Waals surface area contributed by atoms with Crippen LogP contribution in [0.15, 0.2) is 0 Å². The Labute approximate surface area is 75.6 Å². The van der Waals surface area contributed by atoms with E-state index < -0.39 is 5.97 Å². The summed E-state index contributed by atoms with van der Waals surface area (Å²) in [4.78, 5) is 9.26. The van der Waals surface area contributed by atoms with Gasteiger partial charge in [-0.2, -0.15) is 0 Å². The Balaban J connectivity index is 0. The van der Waals surface area contributed by atoms with Crippen molar-refractivity contribution in [1.29, 1.82) is 0 Å². The molecule has 0 aliphatic carbocycles. The second kappa shape index (κ2) is 7.10. The predicted octanol–water partition coefficient (Wildman–Crippen LogP) is 0.249. The first-order valence-corrected chi connectivity index (χ1v) is 4.33. The summed E-state index contributed by atoms with van der Waals surface area (Å²) in [6.45, 7) is 5.03. The zero-order valence-electron chi connectivity index (χ0n) is 8.89. The van der Waals surface area contributed by atoms with Crippen LogP contribution >= 0.6 is 0 Å². The summed E-state index contributed by atoms with van der Waals surface area (Å²) in [6.07, 6.45) is 1.39. The summed E-state index contributed by atoms with van der Waals surface area (Å²) in [7, 11) is 6.64. The normalized spacial score (nSPS) is 10.1. The van der Waals surface area contributed by atoms with Crippen molar-refractivity contribution in [3.8, 4) is 0 Å². The minimum absolute atomic E-state index is 0.111. The third-order valence-corrected chi connectivity index (χ3v) is 1.18. The highest BCUT2D eigenvalue weighted by Crippen LogP contribution is 1.90. The van der Waals surface area contributed by atoms with Gasteiger partial charge in [-0.1, -0.05) is 13.8 Å². The molecule has 0 aliphatic rings. The highest BCUT2D eigenvalue weighted by molar-refractivity contribution is 5.63. The third-order valence-electron chi connectivity index (χ3n) is 1.18. The molecule has 12 heavy (non-hydrogen) atoms. The number of carbonyl (C=O) groups is 1. The smallest absolute Gasteiger partial charge is 0.0777 e. The number of aliphatic carboxylic acids is 1. The Bertz CT molecular complexity index is 116. The largest absolute Gasteiger partial charge is 0.550 e. The van der Waals surface area contributed by atoms with Crippen LogP contribution in [0.5, 0.6) is 0 Å². The van der Waals surface area contributed by atoms with Crippen molar-refractivity contribution in [1.82, 2.24) is 0 Å². The molecule has 0 amide bonds. The first-order chi connectivity index (χ1) is 5.33. The average Bonchev–Trinajstić information content (AvgIpc) is 1.86. The van der Waals surface area contributed by atoms with E-state index in [0.29, 0.717) is 0 Å². The summed E-state index contributed by atoms with van der Waals surface area (Å²) in [6, 6.07) is 0. The zero-order chi connectivity index (χ0) is 10.2. The van der Waals surface area contributed by atoms with Crippen molar-refractivity contribution >= 4 is 5.97 Å². The fourth-order valence-corrected chi connectivity index (χ4v) is 0.671. The fourth-order valence-electron chi connectivity index (χ4n) is 0.671. The van der Waals surface area contributed by atoms with E-state index in [1.807, 2.05) is 0 Å². The molecule has 0 heterocycles. The molecule has 0 aromatic carbocycles. The molecule has 0 fully saturated rings. The molecular formula is C9H21NO2. The molecule has 0 radical (unpaired) electrons. The van der Waals surface area contributed by atoms with Gasteiger partial charge in [0.05, 0.1) is 27.7 Å². The lowest BCUT2D eigenvalue weighted by atomic mass is 10.4. The maximum atomic E-state index is 9.26. The Morgan fingerprint density at radius 2 is 1.58 bits per heavy atom. The minimum Gasteiger partial charge on any atom is -0.550 e. The van der Waals surface area contributed by atoms with Crippen molar-refractivity contribution < 1.29 is 14.4 Å². The molecule has 0 aromatic heterocycles. The fraction of sp³-hybridized carbons (Fsp3) is 0.889. The average molecular weight is 175 g/mol. The quantitative estimate of drug-likeness (QED) is 0.577. The van der Waals surface area contributed by atoms with Gasteiger partial charge >= 0.3 is 0 Å². The number of hydrogen-bond acceptors (Lipinski definition) is 2. The van der Waals surface area contributed by atoms with Crippen LogP contribution in [-0.4, -0.2) is 38.1 Å². The summed E-state index contributed by atoms with van der Waals surface area (Å²) >= 11 is 0. The zero-order valence-corrected chi connectivity index (χ0v) is 8.89. The van der Waals surface area contributed by atoms with Gasteiger partial charge in [0.15, 0.2) is 0 Å². The Morgan fingerprint density at radius 3 is 1.58 bits per heavy atom. The second-order valence-electron chi connectivity index (χ2n) is 3.74. The molecule has 0 spiro atoms. The van der Waals surface area contributed by atoms with E-state index in [0.717, 1.165) is 4.48 Å². The van der Waals surface area contributed by atoms with Crippen molar-refractivity contribution in [3.05, 3.63) is 0 Å². The first kappa shape index (κ1) is 14.0. The van der Waals surface area contributed by atoms with Gasteiger partial charge in [-0.3, -0.25) is 0 Å². The number of rotatable bonds is 3. The van der Waals surface area contributed by atoms with Gasteiger partial charge in [-0.05, 0) is 12.8 Å². The SMILES string of the molecule is CCC(=O)[O-].CCC[N+](C)(C)C. The third kappa shape index (κ3) is 22.7. The molecule has 3 nitrogen and oxygen atoms in total. The Morgan fingerprint density at radius 1 is 1.25 bits per heavy atom. The van der Waals surface area contributed by atoms with Crippen LogP contribution in [-0.2, 0) is 4.79 Å². The van der Waals surface area contributed by atoms with Crippen LogP contribution in [0, 0.1) is 0 Å². The topological polar surface area (TPSA) is 40.1 Å². The van der Waals surface area contributed by atoms with E-state index in [-0.39, 0.29) is 6.42 Å². The van der Waals surface area contributed by atoms with Gasteiger partial charge in [0.1, 0.15) is 0 Å². The maximum absolute atomic E-state index is 9.26. The Hall–Kier alpha value is -0.570. The first-order valence-electron chi connectivity index (χ1n) is 4.33. The number of quaternary nitrogens is 1. The lowest BCUT2D eigenvalue weighted by Gasteiger charge is -2.22. The van der Waals surface area contributed by atoms with Crippen LogP contribution in [0.25, 0.3) is 0 Å². The highest BCUT2D eigenvalue weighted by atomic mass is 16.4.